The molecule has 5 N–H and O–H groups in total. The number of aromatic amines is 2. The van der Waals surface area contributed by atoms with Crippen LogP contribution in [0.1, 0.15) is 25.7 Å². The third-order valence-corrected chi connectivity index (χ3v) is 6.28. The highest BCUT2D eigenvalue weighted by molar-refractivity contribution is 6.31. The van der Waals surface area contributed by atoms with Gasteiger partial charge in [-0.25, -0.2) is 4.98 Å². The van der Waals surface area contributed by atoms with Crippen LogP contribution in [0.25, 0.3) is 33.3 Å². The van der Waals surface area contributed by atoms with Crippen molar-refractivity contribution in [3.63, 3.8) is 0 Å². The van der Waals surface area contributed by atoms with Crippen LogP contribution in [0, 0.1) is 0 Å². The summed E-state index contributed by atoms with van der Waals surface area (Å²) in [6.07, 6.45) is 4.13. The number of nitrogens with zero attached hydrogens (tertiary/aromatic N) is 1. The lowest BCUT2D eigenvalue weighted by atomic mass is 9.90. The molecule has 154 valence electrons. The normalized spacial score (nSPS) is 19.4. The number of nitrogens with one attached hydrogen (secondary N) is 3. The maximum Gasteiger partial charge on any atom is 0.261 e. The Morgan fingerprint density at radius 1 is 1.00 bits per heavy atom. The van der Waals surface area contributed by atoms with E-state index in [0.717, 1.165) is 36.6 Å². The van der Waals surface area contributed by atoms with E-state index in [2.05, 4.69) is 20.3 Å². The number of benzene rings is 2. The van der Waals surface area contributed by atoms with Gasteiger partial charge in [0, 0.05) is 27.5 Å². The first kappa shape index (κ1) is 19.4. The molecule has 5 rings (SSSR count). The largest absolute Gasteiger partial charge is 0.379 e. The van der Waals surface area contributed by atoms with Crippen LogP contribution in [-0.2, 0) is 0 Å². The minimum Gasteiger partial charge on any atom is -0.379 e. The monoisotopic (exact) mass is 441 g/mol. The van der Waals surface area contributed by atoms with Crippen molar-refractivity contribution in [3.8, 4) is 11.4 Å². The fraction of sp³-hybridized carbons (Fsp3) is 0.273. The van der Waals surface area contributed by atoms with E-state index >= 15 is 0 Å². The molecule has 0 bridgehead atoms. The standard InChI is InChI=1S/C22H21Cl2N5O/c23-11-5-7-15-13(9-11)20(26-16-4-2-1-3-14(16)25)19(22(30)29-15)21-27-17-8-6-12(24)10-18(17)28-21/h5-10,14,16H,1-4,25H2,(H,27,28)(H2,26,29,30)/t14-,16-/m1/s1. The predicted molar refractivity (Wildman–Crippen MR) is 124 cm³/mol. The van der Waals surface area contributed by atoms with Gasteiger partial charge in [0.1, 0.15) is 11.4 Å². The van der Waals surface area contributed by atoms with E-state index in [4.69, 9.17) is 28.9 Å². The molecule has 2 aromatic heterocycles. The second-order valence-electron chi connectivity index (χ2n) is 7.84. The number of H-pyrrole nitrogens is 2. The second-order valence-corrected chi connectivity index (χ2v) is 8.71. The summed E-state index contributed by atoms with van der Waals surface area (Å²) >= 11 is 12.4. The van der Waals surface area contributed by atoms with Crippen molar-refractivity contribution in [2.24, 2.45) is 5.73 Å². The molecule has 2 atom stereocenters. The van der Waals surface area contributed by atoms with Gasteiger partial charge in [0.25, 0.3) is 5.56 Å². The van der Waals surface area contributed by atoms with Gasteiger partial charge >= 0.3 is 0 Å². The quantitative estimate of drug-likeness (QED) is 0.356. The Balaban J connectivity index is 1.74. The number of imidazole rings is 1. The lowest BCUT2D eigenvalue weighted by Gasteiger charge is -2.31. The highest BCUT2D eigenvalue weighted by atomic mass is 35.5. The molecule has 0 amide bonds. The molecule has 2 heterocycles. The van der Waals surface area contributed by atoms with Crippen LogP contribution in [0.15, 0.2) is 41.2 Å². The van der Waals surface area contributed by atoms with Crippen molar-refractivity contribution < 1.29 is 0 Å². The zero-order valence-corrected chi connectivity index (χ0v) is 17.6. The summed E-state index contributed by atoms with van der Waals surface area (Å²) in [6.45, 7) is 0. The molecule has 0 aliphatic heterocycles. The highest BCUT2D eigenvalue weighted by Gasteiger charge is 2.25. The van der Waals surface area contributed by atoms with Gasteiger partial charge < -0.3 is 21.0 Å². The van der Waals surface area contributed by atoms with Crippen molar-refractivity contribution in [2.75, 3.05) is 5.32 Å². The molecular weight excluding hydrogens is 421 g/mol. The molecule has 4 aromatic rings. The summed E-state index contributed by atoms with van der Waals surface area (Å²) in [6, 6.07) is 10.9. The Labute approximate surface area is 182 Å². The molecule has 2 aromatic carbocycles. The van der Waals surface area contributed by atoms with Gasteiger partial charge in [-0.1, -0.05) is 36.0 Å². The van der Waals surface area contributed by atoms with E-state index in [0.29, 0.717) is 38.2 Å². The van der Waals surface area contributed by atoms with Crippen LogP contribution < -0.4 is 16.6 Å². The van der Waals surface area contributed by atoms with E-state index in [1.807, 2.05) is 18.2 Å². The molecule has 0 unspecified atom stereocenters. The number of aromatic nitrogens is 3. The zero-order valence-electron chi connectivity index (χ0n) is 16.1. The Morgan fingerprint density at radius 2 is 1.73 bits per heavy atom. The molecule has 1 saturated carbocycles. The Kier molecular flexibility index (Phi) is 4.93. The van der Waals surface area contributed by atoms with Crippen molar-refractivity contribution in [2.45, 2.75) is 37.8 Å². The molecule has 8 heteroatoms. The fourth-order valence-electron chi connectivity index (χ4n) is 4.26. The number of anilines is 1. The summed E-state index contributed by atoms with van der Waals surface area (Å²) < 4.78 is 0. The summed E-state index contributed by atoms with van der Waals surface area (Å²) in [5.74, 6) is 0.474. The second kappa shape index (κ2) is 7.61. The fourth-order valence-corrected chi connectivity index (χ4v) is 4.60. The molecule has 6 nitrogen and oxygen atoms in total. The van der Waals surface area contributed by atoms with E-state index in [-0.39, 0.29) is 17.6 Å². The third kappa shape index (κ3) is 3.45. The number of nitrogens with two attached hydrogens (primary N) is 1. The maximum absolute atomic E-state index is 13.2. The Hall–Kier alpha value is -2.54. The minimum absolute atomic E-state index is 0.0228. The summed E-state index contributed by atoms with van der Waals surface area (Å²) in [5, 5.41) is 5.58. The maximum atomic E-state index is 13.2. The van der Waals surface area contributed by atoms with E-state index < -0.39 is 0 Å². The first-order chi connectivity index (χ1) is 14.5. The first-order valence-corrected chi connectivity index (χ1v) is 10.8. The van der Waals surface area contributed by atoms with Crippen LogP contribution in [0.5, 0.6) is 0 Å². The van der Waals surface area contributed by atoms with Crippen molar-refractivity contribution in [1.29, 1.82) is 0 Å². The molecule has 0 radical (unpaired) electrons. The van der Waals surface area contributed by atoms with Gasteiger partial charge in [0.2, 0.25) is 0 Å². The first-order valence-electron chi connectivity index (χ1n) is 10.0. The third-order valence-electron chi connectivity index (χ3n) is 5.81. The van der Waals surface area contributed by atoms with Crippen molar-refractivity contribution >= 4 is 50.8 Å². The van der Waals surface area contributed by atoms with E-state index in [1.54, 1.807) is 18.2 Å². The minimum atomic E-state index is -0.234. The van der Waals surface area contributed by atoms with Crippen LogP contribution >= 0.6 is 23.2 Å². The Bertz CT molecular complexity index is 1310. The molecule has 0 saturated heterocycles. The lowest BCUT2D eigenvalue weighted by Crippen LogP contribution is -2.43. The van der Waals surface area contributed by atoms with E-state index in [9.17, 15) is 4.79 Å². The van der Waals surface area contributed by atoms with Gasteiger partial charge in [0.15, 0.2) is 0 Å². The highest BCUT2D eigenvalue weighted by Crippen LogP contribution is 2.34. The number of fused-ring (bicyclic) bond motifs is 2. The Morgan fingerprint density at radius 3 is 2.53 bits per heavy atom. The van der Waals surface area contributed by atoms with Crippen LogP contribution in [0.3, 0.4) is 0 Å². The predicted octanol–water partition coefficient (Wildman–Crippen LogP) is 5.06. The number of halogens is 2. The molecule has 1 aliphatic carbocycles. The van der Waals surface area contributed by atoms with Gasteiger partial charge in [-0.3, -0.25) is 4.79 Å². The SMILES string of the molecule is N[C@@H]1CCCC[C@H]1Nc1c(-c2nc3cc(Cl)ccc3[nH]2)c(=O)[nH]c2ccc(Cl)cc12. The van der Waals surface area contributed by atoms with Crippen LogP contribution in [0.4, 0.5) is 5.69 Å². The molecule has 1 aliphatic rings. The van der Waals surface area contributed by atoms with Crippen molar-refractivity contribution in [3.05, 3.63) is 56.8 Å². The average molecular weight is 442 g/mol. The summed E-state index contributed by atoms with van der Waals surface area (Å²) in [5.41, 5.74) is 9.51. The number of hydrogen-bond acceptors (Lipinski definition) is 4. The molecular formula is C22H21Cl2N5O. The van der Waals surface area contributed by atoms with Gasteiger partial charge in [-0.2, -0.15) is 0 Å². The number of rotatable bonds is 3. The zero-order chi connectivity index (χ0) is 20.8. The molecule has 1 fully saturated rings. The lowest BCUT2D eigenvalue weighted by molar-refractivity contribution is 0.404. The smallest absolute Gasteiger partial charge is 0.261 e. The number of pyridine rings is 1. The van der Waals surface area contributed by atoms with Gasteiger partial charge in [0.05, 0.1) is 22.2 Å². The average Bonchev–Trinajstić information content (AvgIpc) is 3.12. The van der Waals surface area contributed by atoms with Crippen molar-refractivity contribution in [1.82, 2.24) is 15.0 Å². The number of hydrogen-bond donors (Lipinski definition) is 4. The molecule has 0 spiro atoms. The van der Waals surface area contributed by atoms with E-state index in [1.165, 1.54) is 0 Å². The van der Waals surface area contributed by atoms with Crippen LogP contribution in [0.2, 0.25) is 10.0 Å². The van der Waals surface area contributed by atoms with Crippen LogP contribution in [-0.4, -0.2) is 27.0 Å². The topological polar surface area (TPSA) is 99.6 Å². The molecule has 30 heavy (non-hydrogen) atoms. The van der Waals surface area contributed by atoms with Gasteiger partial charge in [-0.05, 0) is 49.2 Å². The summed E-state index contributed by atoms with van der Waals surface area (Å²) in [4.78, 5) is 24.0. The van der Waals surface area contributed by atoms with Gasteiger partial charge in [-0.15, -0.1) is 0 Å². The summed E-state index contributed by atoms with van der Waals surface area (Å²) in [7, 11) is 0.